The molecule has 18 heavy (non-hydrogen) atoms. The zero-order chi connectivity index (χ0) is 13.3. The second-order valence-corrected chi connectivity index (χ2v) is 4.44. The number of H-pyrrole nitrogens is 1. The first-order chi connectivity index (χ1) is 8.56. The number of aromatic nitrogens is 2. The van der Waals surface area contributed by atoms with E-state index in [9.17, 15) is 9.59 Å². The van der Waals surface area contributed by atoms with Crippen molar-refractivity contribution in [3.05, 3.63) is 34.2 Å². The molecule has 0 fully saturated rings. The van der Waals surface area contributed by atoms with Crippen LogP contribution in [0.1, 0.15) is 43.1 Å². The van der Waals surface area contributed by atoms with E-state index in [1.54, 1.807) is 16.7 Å². The first-order valence-electron chi connectivity index (χ1n) is 6.02. The Bertz CT molecular complexity index is 639. The lowest BCUT2D eigenvalue weighted by molar-refractivity contribution is 0.0699. The molecule has 0 saturated carbocycles. The number of fused-ring (bicyclic) bond motifs is 1. The van der Waals surface area contributed by atoms with E-state index in [-0.39, 0.29) is 17.3 Å². The zero-order valence-corrected chi connectivity index (χ0v) is 10.4. The van der Waals surface area contributed by atoms with E-state index in [4.69, 9.17) is 5.11 Å². The van der Waals surface area contributed by atoms with E-state index in [1.807, 2.05) is 6.92 Å². The van der Waals surface area contributed by atoms with Crippen molar-refractivity contribution in [3.8, 4) is 0 Å². The Kier molecular flexibility index (Phi) is 3.23. The molecule has 2 rings (SSSR count). The van der Waals surface area contributed by atoms with Gasteiger partial charge in [0.1, 0.15) is 0 Å². The molecule has 1 unspecified atom stereocenters. The summed E-state index contributed by atoms with van der Waals surface area (Å²) < 4.78 is 1.63. The molecule has 0 aliphatic heterocycles. The third-order valence-corrected chi connectivity index (χ3v) is 3.13. The van der Waals surface area contributed by atoms with Gasteiger partial charge in [-0.3, -0.25) is 4.57 Å². The van der Waals surface area contributed by atoms with Gasteiger partial charge in [0.15, 0.2) is 0 Å². The van der Waals surface area contributed by atoms with E-state index >= 15 is 0 Å². The Morgan fingerprint density at radius 3 is 2.83 bits per heavy atom. The van der Waals surface area contributed by atoms with Crippen LogP contribution >= 0.6 is 0 Å². The lowest BCUT2D eigenvalue weighted by atomic mass is 10.1. The summed E-state index contributed by atoms with van der Waals surface area (Å²) in [5.74, 6) is -1.03. The predicted octanol–water partition coefficient (Wildman–Crippen LogP) is 2.39. The standard InChI is InChI=1S/C13H16N2O3/c1-3-5-8(2)15-10-7-4-6-9(12(16)17)11(10)14-13(15)18/h4,6-8H,3,5H2,1-2H3,(H,14,18)(H,16,17). The number of hydrogen-bond donors (Lipinski definition) is 2. The number of nitrogens with one attached hydrogen (secondary N) is 1. The molecule has 5 heteroatoms. The molecule has 1 aromatic heterocycles. The summed E-state index contributed by atoms with van der Waals surface area (Å²) in [7, 11) is 0. The first-order valence-corrected chi connectivity index (χ1v) is 6.02. The second kappa shape index (κ2) is 4.68. The lowest BCUT2D eigenvalue weighted by Crippen LogP contribution is -2.20. The topological polar surface area (TPSA) is 75.1 Å². The molecule has 96 valence electrons. The lowest BCUT2D eigenvalue weighted by Gasteiger charge is -2.12. The van der Waals surface area contributed by atoms with Gasteiger partial charge in [0.05, 0.1) is 16.6 Å². The first kappa shape index (κ1) is 12.4. The van der Waals surface area contributed by atoms with E-state index in [1.165, 1.54) is 6.07 Å². The van der Waals surface area contributed by atoms with Crippen LogP contribution in [0.25, 0.3) is 11.0 Å². The van der Waals surface area contributed by atoms with Crippen LogP contribution in [0.4, 0.5) is 0 Å². The highest BCUT2D eigenvalue weighted by Crippen LogP contribution is 2.20. The maximum Gasteiger partial charge on any atom is 0.337 e. The number of carbonyl (C=O) groups is 1. The minimum atomic E-state index is -1.03. The molecule has 0 bridgehead atoms. The monoisotopic (exact) mass is 248 g/mol. The Labute approximate surface area is 104 Å². The van der Waals surface area contributed by atoms with Crippen LogP contribution in [-0.4, -0.2) is 20.6 Å². The minimum absolute atomic E-state index is 0.0558. The quantitative estimate of drug-likeness (QED) is 0.872. The van der Waals surface area contributed by atoms with Crippen molar-refractivity contribution in [1.29, 1.82) is 0 Å². The molecule has 5 nitrogen and oxygen atoms in total. The average Bonchev–Trinajstić information content (AvgIpc) is 2.64. The van der Waals surface area contributed by atoms with E-state index < -0.39 is 5.97 Å². The molecular formula is C13H16N2O3. The van der Waals surface area contributed by atoms with Gasteiger partial charge in [-0.2, -0.15) is 0 Å². The number of para-hydroxylation sites is 1. The number of aromatic amines is 1. The molecule has 0 aliphatic rings. The molecule has 0 radical (unpaired) electrons. The number of imidazole rings is 1. The Morgan fingerprint density at radius 2 is 2.22 bits per heavy atom. The highest BCUT2D eigenvalue weighted by atomic mass is 16.4. The summed E-state index contributed by atoms with van der Waals surface area (Å²) in [5.41, 5.74) is 0.936. The molecule has 1 aromatic carbocycles. The fraction of sp³-hybridized carbons (Fsp3) is 0.385. The van der Waals surface area contributed by atoms with Crippen LogP contribution in [0.2, 0.25) is 0 Å². The summed E-state index contributed by atoms with van der Waals surface area (Å²) in [6.07, 6.45) is 1.85. The van der Waals surface area contributed by atoms with Crippen molar-refractivity contribution in [2.75, 3.05) is 0 Å². The highest BCUT2D eigenvalue weighted by Gasteiger charge is 2.16. The van der Waals surface area contributed by atoms with Gasteiger partial charge in [-0.05, 0) is 25.5 Å². The van der Waals surface area contributed by atoms with Gasteiger partial charge in [0, 0.05) is 6.04 Å². The van der Waals surface area contributed by atoms with Gasteiger partial charge in [-0.25, -0.2) is 9.59 Å². The summed E-state index contributed by atoms with van der Waals surface area (Å²) in [6.45, 7) is 4.02. The maximum absolute atomic E-state index is 11.9. The minimum Gasteiger partial charge on any atom is -0.478 e. The number of benzene rings is 1. The molecule has 0 spiro atoms. The summed E-state index contributed by atoms with van der Waals surface area (Å²) >= 11 is 0. The van der Waals surface area contributed by atoms with Crippen molar-refractivity contribution in [3.63, 3.8) is 0 Å². The van der Waals surface area contributed by atoms with Crippen molar-refractivity contribution >= 4 is 17.0 Å². The molecule has 0 aliphatic carbocycles. The maximum atomic E-state index is 11.9. The molecule has 1 atom stereocenters. The van der Waals surface area contributed by atoms with Crippen LogP contribution in [-0.2, 0) is 0 Å². The molecular weight excluding hydrogens is 232 g/mol. The number of carboxylic acids is 1. The van der Waals surface area contributed by atoms with Gasteiger partial charge in [-0.1, -0.05) is 19.4 Å². The van der Waals surface area contributed by atoms with Crippen LogP contribution < -0.4 is 5.69 Å². The summed E-state index contributed by atoms with van der Waals surface area (Å²) in [5, 5.41) is 9.09. The van der Waals surface area contributed by atoms with Crippen molar-refractivity contribution < 1.29 is 9.90 Å². The SMILES string of the molecule is CCCC(C)n1c(=O)[nH]c2c(C(=O)O)cccc21. The summed E-state index contributed by atoms with van der Waals surface area (Å²) in [6, 6.07) is 4.98. The van der Waals surface area contributed by atoms with Crippen molar-refractivity contribution in [2.45, 2.75) is 32.7 Å². The fourth-order valence-corrected chi connectivity index (χ4v) is 2.31. The average molecular weight is 248 g/mol. The Balaban J connectivity index is 2.69. The number of carboxylic acid groups (broad SMARTS) is 1. The number of hydrogen-bond acceptors (Lipinski definition) is 2. The smallest absolute Gasteiger partial charge is 0.337 e. The molecule has 2 aromatic rings. The van der Waals surface area contributed by atoms with Crippen molar-refractivity contribution in [1.82, 2.24) is 9.55 Å². The normalized spacial score (nSPS) is 12.8. The fourth-order valence-electron chi connectivity index (χ4n) is 2.31. The highest BCUT2D eigenvalue weighted by molar-refractivity contribution is 6.00. The van der Waals surface area contributed by atoms with E-state index in [0.29, 0.717) is 11.0 Å². The van der Waals surface area contributed by atoms with E-state index in [2.05, 4.69) is 11.9 Å². The number of aromatic carboxylic acids is 1. The molecule has 0 saturated heterocycles. The second-order valence-electron chi connectivity index (χ2n) is 4.44. The molecule has 0 amide bonds. The van der Waals surface area contributed by atoms with Crippen LogP contribution in [0.15, 0.2) is 23.0 Å². The molecule has 1 heterocycles. The summed E-state index contributed by atoms with van der Waals surface area (Å²) in [4.78, 5) is 25.7. The van der Waals surface area contributed by atoms with Gasteiger partial charge in [0.2, 0.25) is 0 Å². The van der Waals surface area contributed by atoms with Gasteiger partial charge < -0.3 is 10.1 Å². The van der Waals surface area contributed by atoms with Gasteiger partial charge in [-0.15, -0.1) is 0 Å². The Hall–Kier alpha value is -2.04. The van der Waals surface area contributed by atoms with Crippen LogP contribution in [0.3, 0.4) is 0 Å². The molecule has 2 N–H and O–H groups in total. The van der Waals surface area contributed by atoms with Crippen LogP contribution in [0.5, 0.6) is 0 Å². The van der Waals surface area contributed by atoms with Crippen LogP contribution in [0, 0.1) is 0 Å². The third-order valence-electron chi connectivity index (χ3n) is 3.13. The van der Waals surface area contributed by atoms with E-state index in [0.717, 1.165) is 12.8 Å². The number of rotatable bonds is 4. The number of nitrogens with zero attached hydrogens (tertiary/aromatic N) is 1. The Morgan fingerprint density at radius 1 is 1.50 bits per heavy atom. The third kappa shape index (κ3) is 1.92. The zero-order valence-electron chi connectivity index (χ0n) is 10.4. The predicted molar refractivity (Wildman–Crippen MR) is 69.1 cm³/mol. The van der Waals surface area contributed by atoms with Gasteiger partial charge in [0.25, 0.3) is 0 Å². The van der Waals surface area contributed by atoms with Gasteiger partial charge >= 0.3 is 11.7 Å². The van der Waals surface area contributed by atoms with Crippen molar-refractivity contribution in [2.24, 2.45) is 0 Å². The largest absolute Gasteiger partial charge is 0.478 e.